The lowest BCUT2D eigenvalue weighted by Gasteiger charge is -2.33. The molecule has 1 aliphatic rings. The largest absolute Gasteiger partial charge is 0.493 e. The first-order valence-electron chi connectivity index (χ1n) is 9.73. The molecular weight excluding hydrogens is 340 g/mol. The molecule has 1 aromatic heterocycles. The fourth-order valence-corrected chi connectivity index (χ4v) is 3.45. The van der Waals surface area contributed by atoms with Gasteiger partial charge >= 0.3 is 0 Å². The SMILES string of the molecule is CCOc1ccccc1/C=C/C(=O)NCC(c1ccco1)N1CCCCC1. The lowest BCUT2D eigenvalue weighted by atomic mass is 10.1. The van der Waals surface area contributed by atoms with Crippen LogP contribution in [0.3, 0.4) is 0 Å². The van der Waals surface area contributed by atoms with Crippen LogP contribution in [0.1, 0.15) is 43.6 Å². The Hall–Kier alpha value is -2.53. The minimum absolute atomic E-state index is 0.0772. The van der Waals surface area contributed by atoms with Crippen LogP contribution < -0.4 is 10.1 Å². The maximum atomic E-state index is 12.4. The molecule has 5 heteroatoms. The highest BCUT2D eigenvalue weighted by atomic mass is 16.5. The number of amides is 1. The summed E-state index contributed by atoms with van der Waals surface area (Å²) in [6.45, 7) is 5.15. The van der Waals surface area contributed by atoms with E-state index in [0.29, 0.717) is 13.2 Å². The van der Waals surface area contributed by atoms with Crippen molar-refractivity contribution in [3.63, 3.8) is 0 Å². The molecule has 1 aromatic carbocycles. The van der Waals surface area contributed by atoms with Crippen LogP contribution in [0.25, 0.3) is 6.08 Å². The highest BCUT2D eigenvalue weighted by molar-refractivity contribution is 5.92. The second kappa shape index (κ2) is 9.97. The van der Waals surface area contributed by atoms with Gasteiger partial charge in [0.2, 0.25) is 5.91 Å². The fourth-order valence-electron chi connectivity index (χ4n) is 3.45. The van der Waals surface area contributed by atoms with Crippen molar-refractivity contribution in [2.45, 2.75) is 32.2 Å². The van der Waals surface area contributed by atoms with E-state index in [1.807, 2.05) is 43.3 Å². The first-order chi connectivity index (χ1) is 13.3. The van der Waals surface area contributed by atoms with Crippen LogP contribution in [0.15, 0.2) is 53.2 Å². The van der Waals surface area contributed by atoms with E-state index in [1.165, 1.54) is 19.3 Å². The second-order valence-electron chi connectivity index (χ2n) is 6.68. The molecule has 0 radical (unpaired) electrons. The zero-order chi connectivity index (χ0) is 18.9. The number of nitrogens with one attached hydrogen (secondary N) is 1. The Labute approximate surface area is 161 Å². The summed E-state index contributed by atoms with van der Waals surface area (Å²) in [6.07, 6.45) is 8.71. The van der Waals surface area contributed by atoms with Crippen molar-refractivity contribution >= 4 is 12.0 Å². The number of furan rings is 1. The smallest absolute Gasteiger partial charge is 0.244 e. The first kappa shape index (κ1) is 19.2. The molecule has 1 saturated heterocycles. The summed E-state index contributed by atoms with van der Waals surface area (Å²) < 4.78 is 11.2. The van der Waals surface area contributed by atoms with Gasteiger partial charge in [-0.3, -0.25) is 9.69 Å². The van der Waals surface area contributed by atoms with Gasteiger partial charge < -0.3 is 14.5 Å². The molecule has 3 rings (SSSR count). The molecule has 0 aliphatic carbocycles. The molecule has 144 valence electrons. The molecule has 0 bridgehead atoms. The van der Waals surface area contributed by atoms with Crippen LogP contribution in [0.5, 0.6) is 5.75 Å². The van der Waals surface area contributed by atoms with Crippen molar-refractivity contribution in [1.82, 2.24) is 10.2 Å². The van der Waals surface area contributed by atoms with E-state index in [9.17, 15) is 4.79 Å². The van der Waals surface area contributed by atoms with E-state index in [-0.39, 0.29) is 11.9 Å². The Morgan fingerprint density at radius 2 is 2.04 bits per heavy atom. The second-order valence-corrected chi connectivity index (χ2v) is 6.68. The minimum atomic E-state index is -0.116. The molecular formula is C22H28N2O3. The first-order valence-corrected chi connectivity index (χ1v) is 9.73. The van der Waals surface area contributed by atoms with Crippen LogP contribution >= 0.6 is 0 Å². The van der Waals surface area contributed by atoms with Crippen LogP contribution in [-0.2, 0) is 4.79 Å². The molecule has 5 nitrogen and oxygen atoms in total. The van der Waals surface area contributed by atoms with Crippen molar-refractivity contribution < 1.29 is 13.9 Å². The van der Waals surface area contributed by atoms with Gasteiger partial charge in [-0.05, 0) is 57.1 Å². The third-order valence-electron chi connectivity index (χ3n) is 4.81. The van der Waals surface area contributed by atoms with E-state index in [4.69, 9.17) is 9.15 Å². The van der Waals surface area contributed by atoms with Crippen molar-refractivity contribution in [2.75, 3.05) is 26.2 Å². The summed E-state index contributed by atoms with van der Waals surface area (Å²) in [7, 11) is 0. The number of piperidine rings is 1. The topological polar surface area (TPSA) is 54.7 Å². The zero-order valence-corrected chi connectivity index (χ0v) is 15.9. The standard InChI is InChI=1S/C22H28N2O3/c1-2-26-20-10-5-4-9-18(20)12-13-22(25)23-17-19(21-11-8-16-27-21)24-14-6-3-7-15-24/h4-5,8-13,16,19H,2-3,6-7,14-15,17H2,1H3,(H,23,25)/b13-12+. The van der Waals surface area contributed by atoms with Crippen LogP contribution in [0.4, 0.5) is 0 Å². The average Bonchev–Trinajstić information content (AvgIpc) is 3.23. The maximum Gasteiger partial charge on any atom is 0.244 e. The highest BCUT2D eigenvalue weighted by Crippen LogP contribution is 2.24. The van der Waals surface area contributed by atoms with E-state index in [0.717, 1.165) is 30.2 Å². The monoisotopic (exact) mass is 368 g/mol. The summed E-state index contributed by atoms with van der Waals surface area (Å²) >= 11 is 0. The Morgan fingerprint density at radius 3 is 2.78 bits per heavy atom. The number of nitrogens with zero attached hydrogens (tertiary/aromatic N) is 1. The van der Waals surface area contributed by atoms with Crippen molar-refractivity contribution in [3.05, 3.63) is 60.1 Å². The van der Waals surface area contributed by atoms with E-state index >= 15 is 0 Å². The van der Waals surface area contributed by atoms with E-state index in [2.05, 4.69) is 10.2 Å². The number of hydrogen-bond donors (Lipinski definition) is 1. The summed E-state index contributed by atoms with van der Waals surface area (Å²) in [5, 5.41) is 3.02. The molecule has 0 spiro atoms. The lowest BCUT2D eigenvalue weighted by molar-refractivity contribution is -0.116. The molecule has 1 unspecified atom stereocenters. The number of carbonyl (C=O) groups is 1. The van der Waals surface area contributed by atoms with Gasteiger partial charge in [-0.15, -0.1) is 0 Å². The quantitative estimate of drug-likeness (QED) is 0.715. The third kappa shape index (κ3) is 5.47. The minimum Gasteiger partial charge on any atom is -0.493 e. The van der Waals surface area contributed by atoms with Gasteiger partial charge in [-0.25, -0.2) is 0 Å². The number of likely N-dealkylation sites (tertiary alicyclic amines) is 1. The molecule has 0 saturated carbocycles. The predicted octanol–water partition coefficient (Wildman–Crippen LogP) is 4.03. The van der Waals surface area contributed by atoms with Crippen LogP contribution in [-0.4, -0.2) is 37.0 Å². The van der Waals surface area contributed by atoms with E-state index < -0.39 is 0 Å². The van der Waals surface area contributed by atoms with Gasteiger partial charge in [-0.2, -0.15) is 0 Å². The third-order valence-corrected chi connectivity index (χ3v) is 4.81. The Kier molecular flexibility index (Phi) is 7.11. The lowest BCUT2D eigenvalue weighted by Crippen LogP contribution is -2.40. The highest BCUT2D eigenvalue weighted by Gasteiger charge is 2.24. The molecule has 2 aromatic rings. The number of carbonyl (C=O) groups excluding carboxylic acids is 1. The van der Waals surface area contributed by atoms with Gasteiger partial charge in [0, 0.05) is 18.2 Å². The van der Waals surface area contributed by atoms with Crippen molar-refractivity contribution in [1.29, 1.82) is 0 Å². The van der Waals surface area contributed by atoms with Crippen molar-refractivity contribution in [2.24, 2.45) is 0 Å². The Balaban J connectivity index is 1.61. The number of ether oxygens (including phenoxy) is 1. The normalized spacial score (nSPS) is 16.3. The summed E-state index contributed by atoms with van der Waals surface area (Å²) in [4.78, 5) is 14.8. The maximum absolute atomic E-state index is 12.4. The number of benzene rings is 1. The number of hydrogen-bond acceptors (Lipinski definition) is 4. The summed E-state index contributed by atoms with van der Waals surface area (Å²) in [6, 6.07) is 11.7. The number of rotatable bonds is 8. The van der Waals surface area contributed by atoms with Gasteiger partial charge in [-0.1, -0.05) is 24.6 Å². The molecule has 1 aliphatic heterocycles. The predicted molar refractivity (Wildman–Crippen MR) is 107 cm³/mol. The summed E-state index contributed by atoms with van der Waals surface area (Å²) in [5.41, 5.74) is 0.896. The van der Waals surface area contributed by atoms with Gasteiger partial charge in [0.05, 0.1) is 18.9 Å². The zero-order valence-electron chi connectivity index (χ0n) is 15.9. The summed E-state index contributed by atoms with van der Waals surface area (Å²) in [5.74, 6) is 1.57. The van der Waals surface area contributed by atoms with Crippen molar-refractivity contribution in [3.8, 4) is 5.75 Å². The van der Waals surface area contributed by atoms with Gasteiger partial charge in [0.25, 0.3) is 0 Å². The van der Waals surface area contributed by atoms with Crippen LogP contribution in [0, 0.1) is 0 Å². The number of para-hydroxylation sites is 1. The molecule has 2 heterocycles. The average molecular weight is 368 g/mol. The molecule has 1 fully saturated rings. The Morgan fingerprint density at radius 1 is 1.22 bits per heavy atom. The molecule has 1 amide bonds. The molecule has 1 N–H and O–H groups in total. The molecule has 27 heavy (non-hydrogen) atoms. The van der Waals surface area contributed by atoms with Gasteiger partial charge in [0.15, 0.2) is 0 Å². The molecule has 1 atom stereocenters. The van der Waals surface area contributed by atoms with Crippen LogP contribution in [0.2, 0.25) is 0 Å². The Bertz CT molecular complexity index is 734. The fraction of sp³-hybridized carbons (Fsp3) is 0.409. The van der Waals surface area contributed by atoms with E-state index in [1.54, 1.807) is 18.4 Å². The van der Waals surface area contributed by atoms with Gasteiger partial charge in [0.1, 0.15) is 11.5 Å².